The lowest BCUT2D eigenvalue weighted by Crippen LogP contribution is -2.44. The zero-order valence-corrected chi connectivity index (χ0v) is 24.4. The van der Waals surface area contributed by atoms with E-state index >= 15 is 0 Å². The van der Waals surface area contributed by atoms with Gasteiger partial charge in [0.1, 0.15) is 11.6 Å². The number of methoxy groups -OCH3 is 1. The van der Waals surface area contributed by atoms with Gasteiger partial charge in [-0.1, -0.05) is 37.6 Å². The number of halogens is 1. The van der Waals surface area contributed by atoms with Gasteiger partial charge in [0.25, 0.3) is 0 Å². The minimum Gasteiger partial charge on any atom is -0.493 e. The van der Waals surface area contributed by atoms with Crippen molar-refractivity contribution in [1.29, 1.82) is 0 Å². The first-order valence-corrected chi connectivity index (χ1v) is 15.0. The van der Waals surface area contributed by atoms with Gasteiger partial charge < -0.3 is 19.7 Å². The van der Waals surface area contributed by atoms with Crippen LogP contribution < -0.4 is 15.0 Å². The predicted molar refractivity (Wildman–Crippen MR) is 161 cm³/mol. The SMILES string of the molecule is CCc1c(C)nc(CNCCOC)c(-c2ccc(OCCc3ccc(F)cc3)cc2)c1N1CCC2(CCC2)CC1. The molecule has 0 bridgehead atoms. The molecule has 6 heteroatoms. The van der Waals surface area contributed by atoms with Crippen LogP contribution in [0.3, 0.4) is 0 Å². The van der Waals surface area contributed by atoms with E-state index in [-0.39, 0.29) is 5.82 Å². The maximum absolute atomic E-state index is 13.2. The third kappa shape index (κ3) is 6.50. The molecule has 2 aromatic carbocycles. The van der Waals surface area contributed by atoms with E-state index in [1.807, 2.05) is 12.1 Å². The van der Waals surface area contributed by atoms with Gasteiger partial charge in [-0.2, -0.15) is 0 Å². The Hall–Kier alpha value is -2.96. The predicted octanol–water partition coefficient (Wildman–Crippen LogP) is 6.89. The summed E-state index contributed by atoms with van der Waals surface area (Å²) in [5.74, 6) is 0.629. The molecule has 5 nitrogen and oxygen atoms in total. The summed E-state index contributed by atoms with van der Waals surface area (Å²) in [5, 5.41) is 3.54. The van der Waals surface area contributed by atoms with Gasteiger partial charge in [0.2, 0.25) is 0 Å². The van der Waals surface area contributed by atoms with Crippen molar-refractivity contribution < 1.29 is 13.9 Å². The van der Waals surface area contributed by atoms with E-state index in [4.69, 9.17) is 14.5 Å². The van der Waals surface area contributed by atoms with Crippen molar-refractivity contribution in [2.45, 2.75) is 65.3 Å². The molecule has 0 amide bonds. The van der Waals surface area contributed by atoms with Crippen molar-refractivity contribution in [1.82, 2.24) is 10.3 Å². The molecule has 214 valence electrons. The average Bonchev–Trinajstić information content (AvgIpc) is 2.96. The summed E-state index contributed by atoms with van der Waals surface area (Å²) in [6.07, 6.45) is 8.49. The Balaban J connectivity index is 1.41. The molecule has 2 heterocycles. The lowest BCUT2D eigenvalue weighted by atomic mass is 9.63. The van der Waals surface area contributed by atoms with Gasteiger partial charge in [0.15, 0.2) is 0 Å². The fourth-order valence-corrected chi connectivity index (χ4v) is 6.41. The van der Waals surface area contributed by atoms with Crippen LogP contribution in [0, 0.1) is 18.2 Å². The molecule has 1 aromatic heterocycles. The van der Waals surface area contributed by atoms with Crippen molar-refractivity contribution in [2.75, 3.05) is 44.9 Å². The first-order chi connectivity index (χ1) is 19.5. The number of anilines is 1. The third-order valence-electron chi connectivity index (χ3n) is 8.95. The molecule has 1 aliphatic carbocycles. The van der Waals surface area contributed by atoms with Crippen molar-refractivity contribution in [3.63, 3.8) is 0 Å². The molecule has 0 radical (unpaired) electrons. The van der Waals surface area contributed by atoms with Crippen molar-refractivity contribution in [3.05, 3.63) is 76.9 Å². The lowest BCUT2D eigenvalue weighted by molar-refractivity contribution is 0.0955. The zero-order chi connectivity index (χ0) is 28.0. The summed E-state index contributed by atoms with van der Waals surface area (Å²) in [7, 11) is 1.73. The fraction of sp³-hybridized carbons (Fsp3) is 0.500. The smallest absolute Gasteiger partial charge is 0.123 e. The van der Waals surface area contributed by atoms with Crippen molar-refractivity contribution in [3.8, 4) is 16.9 Å². The Kier molecular flexibility index (Phi) is 9.38. The molecular weight excluding hydrogens is 501 g/mol. The topological polar surface area (TPSA) is 46.6 Å². The number of aromatic nitrogens is 1. The number of benzene rings is 2. The second kappa shape index (κ2) is 13.1. The second-order valence-corrected chi connectivity index (χ2v) is 11.5. The first kappa shape index (κ1) is 28.6. The number of nitrogens with zero attached hydrogens (tertiary/aromatic N) is 2. The molecule has 2 fully saturated rings. The minimum absolute atomic E-state index is 0.211. The average molecular weight is 546 g/mol. The van der Waals surface area contributed by atoms with E-state index in [2.05, 4.69) is 48.3 Å². The Labute approximate surface area is 239 Å². The van der Waals surface area contributed by atoms with Gasteiger partial charge in [-0.3, -0.25) is 4.98 Å². The highest BCUT2D eigenvalue weighted by Crippen LogP contribution is 2.50. The Morgan fingerprint density at radius 2 is 1.70 bits per heavy atom. The van der Waals surface area contributed by atoms with Crippen LogP contribution in [0.15, 0.2) is 48.5 Å². The Morgan fingerprint density at radius 1 is 0.975 bits per heavy atom. The summed E-state index contributed by atoms with van der Waals surface area (Å²) < 4.78 is 24.5. The molecule has 1 saturated heterocycles. The molecular formula is C34H44FN3O2. The van der Waals surface area contributed by atoms with Crippen LogP contribution >= 0.6 is 0 Å². The van der Waals surface area contributed by atoms with E-state index in [1.165, 1.54) is 66.6 Å². The van der Waals surface area contributed by atoms with Gasteiger partial charge in [-0.25, -0.2) is 4.39 Å². The molecule has 0 atom stereocenters. The lowest BCUT2D eigenvalue weighted by Gasteiger charge is -2.49. The Bertz CT molecular complexity index is 1250. The maximum atomic E-state index is 13.2. The number of aryl methyl sites for hydroxylation is 1. The molecule has 3 aromatic rings. The van der Waals surface area contributed by atoms with Crippen LogP contribution in [0.5, 0.6) is 5.75 Å². The molecule has 1 N–H and O–H groups in total. The number of hydrogen-bond donors (Lipinski definition) is 1. The molecule has 2 aliphatic rings. The maximum Gasteiger partial charge on any atom is 0.123 e. The number of rotatable bonds is 12. The molecule has 5 rings (SSSR count). The summed E-state index contributed by atoms with van der Waals surface area (Å²) in [6, 6.07) is 15.1. The van der Waals surface area contributed by atoms with Crippen LogP contribution in [-0.2, 0) is 24.1 Å². The van der Waals surface area contributed by atoms with Gasteiger partial charge in [-0.05, 0) is 85.4 Å². The number of hydrogen-bond acceptors (Lipinski definition) is 5. The normalized spacial score (nSPS) is 16.2. The van der Waals surface area contributed by atoms with Crippen LogP contribution in [0.25, 0.3) is 11.1 Å². The second-order valence-electron chi connectivity index (χ2n) is 11.5. The molecule has 1 spiro atoms. The van der Waals surface area contributed by atoms with E-state index < -0.39 is 0 Å². The summed E-state index contributed by atoms with van der Waals surface area (Å²) >= 11 is 0. The fourth-order valence-electron chi connectivity index (χ4n) is 6.41. The van der Waals surface area contributed by atoms with Crippen molar-refractivity contribution in [2.24, 2.45) is 5.41 Å². The van der Waals surface area contributed by atoms with Gasteiger partial charge in [0, 0.05) is 51.0 Å². The highest BCUT2D eigenvalue weighted by Gasteiger charge is 2.40. The van der Waals surface area contributed by atoms with Gasteiger partial charge in [0.05, 0.1) is 24.6 Å². The third-order valence-corrected chi connectivity index (χ3v) is 8.95. The van der Waals surface area contributed by atoms with E-state index in [9.17, 15) is 4.39 Å². The van der Waals surface area contributed by atoms with E-state index in [1.54, 1.807) is 7.11 Å². The Morgan fingerprint density at radius 3 is 2.33 bits per heavy atom. The zero-order valence-electron chi connectivity index (χ0n) is 24.4. The van der Waals surface area contributed by atoms with Gasteiger partial charge in [-0.15, -0.1) is 0 Å². The highest BCUT2D eigenvalue weighted by molar-refractivity contribution is 5.84. The van der Waals surface area contributed by atoms with Crippen LogP contribution in [0.2, 0.25) is 0 Å². The van der Waals surface area contributed by atoms with Crippen LogP contribution in [0.1, 0.15) is 61.5 Å². The number of nitrogens with one attached hydrogen (secondary N) is 1. The quantitative estimate of drug-likeness (QED) is 0.251. The van der Waals surface area contributed by atoms with Crippen LogP contribution in [0.4, 0.5) is 10.1 Å². The van der Waals surface area contributed by atoms with Crippen molar-refractivity contribution >= 4 is 5.69 Å². The summed E-state index contributed by atoms with van der Waals surface area (Å²) in [6.45, 7) is 9.36. The monoisotopic (exact) mass is 545 g/mol. The number of ether oxygens (including phenoxy) is 2. The van der Waals surface area contributed by atoms with Crippen LogP contribution in [-0.4, -0.2) is 44.9 Å². The number of piperidine rings is 1. The first-order valence-electron chi connectivity index (χ1n) is 15.0. The standard InChI is InChI=1S/C34H44FN3O2/c1-4-30-25(2)37-31(24-36-19-23-39-3)32(33(30)38-20-17-34(18-21-38)15-5-16-34)27-8-12-29(13-9-27)40-22-14-26-6-10-28(35)11-7-26/h6-13,36H,4-5,14-24H2,1-3H3. The highest BCUT2D eigenvalue weighted by atomic mass is 19.1. The van der Waals surface area contributed by atoms with E-state index in [0.29, 0.717) is 25.2 Å². The van der Waals surface area contributed by atoms with Gasteiger partial charge >= 0.3 is 0 Å². The molecule has 1 saturated carbocycles. The minimum atomic E-state index is -0.211. The van der Waals surface area contributed by atoms with E-state index in [0.717, 1.165) is 55.2 Å². The largest absolute Gasteiger partial charge is 0.493 e. The molecule has 1 aliphatic heterocycles. The molecule has 0 unspecified atom stereocenters. The summed E-state index contributed by atoms with van der Waals surface area (Å²) in [5.41, 5.74) is 9.05. The molecule has 40 heavy (non-hydrogen) atoms. The number of pyridine rings is 1. The summed E-state index contributed by atoms with van der Waals surface area (Å²) in [4.78, 5) is 7.80.